The Bertz CT molecular complexity index is 1440. The minimum absolute atomic E-state index is 0.0428. The van der Waals surface area contributed by atoms with Crippen molar-refractivity contribution in [1.82, 2.24) is 19.3 Å². The molecule has 34 heavy (non-hydrogen) atoms. The molecule has 0 unspecified atom stereocenters. The largest absolute Gasteiger partial charge is 0.497 e. The van der Waals surface area contributed by atoms with Gasteiger partial charge in [0.05, 0.1) is 18.1 Å². The summed E-state index contributed by atoms with van der Waals surface area (Å²) in [7, 11) is 1.62. The summed E-state index contributed by atoms with van der Waals surface area (Å²) in [5.74, 6) is 0.421. The zero-order valence-electron chi connectivity index (χ0n) is 19.5. The van der Waals surface area contributed by atoms with Crippen LogP contribution in [-0.4, -0.2) is 33.5 Å². The highest BCUT2D eigenvalue weighted by Gasteiger charge is 2.17. The number of nitrogens with one attached hydrogen (secondary N) is 2. The number of pyridine rings is 2. The molecule has 0 atom stereocenters. The van der Waals surface area contributed by atoms with Crippen LogP contribution in [0.25, 0.3) is 16.7 Å². The van der Waals surface area contributed by atoms with E-state index < -0.39 is 0 Å². The highest BCUT2D eigenvalue weighted by atomic mass is 16.5. The van der Waals surface area contributed by atoms with Gasteiger partial charge in [-0.2, -0.15) is 0 Å². The Kier molecular flexibility index (Phi) is 7.06. The number of hydrogen-bond acceptors (Lipinski definition) is 5. The lowest BCUT2D eigenvalue weighted by Crippen LogP contribution is -2.35. The van der Waals surface area contributed by atoms with E-state index in [1.807, 2.05) is 30.3 Å². The van der Waals surface area contributed by atoms with Crippen LogP contribution in [0.5, 0.6) is 5.75 Å². The molecule has 0 aliphatic carbocycles. The van der Waals surface area contributed by atoms with Gasteiger partial charge in [0.25, 0.3) is 11.5 Å². The van der Waals surface area contributed by atoms with Crippen molar-refractivity contribution in [1.29, 1.82) is 5.41 Å². The van der Waals surface area contributed by atoms with Crippen LogP contribution in [-0.2, 0) is 13.0 Å². The molecule has 3 aromatic heterocycles. The van der Waals surface area contributed by atoms with Crippen LogP contribution in [0.2, 0.25) is 0 Å². The van der Waals surface area contributed by atoms with Gasteiger partial charge in [-0.05, 0) is 48.7 Å². The molecule has 0 aliphatic rings. The van der Waals surface area contributed by atoms with Crippen LogP contribution < -0.4 is 21.1 Å². The smallest absolute Gasteiger partial charge is 0.267 e. The Morgan fingerprint density at radius 1 is 1.15 bits per heavy atom. The summed E-state index contributed by atoms with van der Waals surface area (Å²) in [4.78, 5) is 30.9. The van der Waals surface area contributed by atoms with Gasteiger partial charge in [-0.25, -0.2) is 4.98 Å². The van der Waals surface area contributed by atoms with Gasteiger partial charge in [-0.1, -0.05) is 38.0 Å². The summed E-state index contributed by atoms with van der Waals surface area (Å²) in [6, 6.07) is 14.5. The molecule has 0 bridgehead atoms. The number of ether oxygens (including phenoxy) is 1. The lowest BCUT2D eigenvalue weighted by atomic mass is 10.1. The normalized spacial score (nSPS) is 11.1. The number of carbonyl (C=O) groups is 1. The second kappa shape index (κ2) is 10.3. The van der Waals surface area contributed by atoms with Gasteiger partial charge in [-0.3, -0.25) is 19.4 Å². The van der Waals surface area contributed by atoms with E-state index in [9.17, 15) is 9.59 Å². The number of aryl methyl sites for hydroxylation is 2. The molecule has 8 nitrogen and oxygen atoms in total. The molecule has 0 radical (unpaired) electrons. The molecule has 4 rings (SSSR count). The zero-order valence-corrected chi connectivity index (χ0v) is 19.5. The fraction of sp³-hybridized carbons (Fsp3) is 0.308. The van der Waals surface area contributed by atoms with E-state index >= 15 is 0 Å². The lowest BCUT2D eigenvalue weighted by molar-refractivity contribution is 0.0950. The number of rotatable bonds is 9. The Morgan fingerprint density at radius 2 is 1.94 bits per heavy atom. The first-order valence-electron chi connectivity index (χ1n) is 11.5. The van der Waals surface area contributed by atoms with Gasteiger partial charge in [0, 0.05) is 19.3 Å². The zero-order chi connectivity index (χ0) is 24.1. The Labute approximate surface area is 197 Å². The van der Waals surface area contributed by atoms with E-state index in [1.54, 1.807) is 30.0 Å². The Morgan fingerprint density at radius 3 is 2.68 bits per heavy atom. The number of amides is 1. The van der Waals surface area contributed by atoms with E-state index in [0.717, 1.165) is 30.6 Å². The number of benzene rings is 1. The third kappa shape index (κ3) is 4.71. The molecule has 0 saturated heterocycles. The van der Waals surface area contributed by atoms with Crippen LogP contribution >= 0.6 is 0 Å². The van der Waals surface area contributed by atoms with Crippen molar-refractivity contribution in [3.8, 4) is 5.75 Å². The standard InChI is InChI=1S/C26H29N5O3/c1-3-4-6-14-28-25(32)20-17-21-24(29-22-8-5-7-15-30(22)26(21)33)31(23(20)27)16-13-18-9-11-19(34-2)12-10-18/h5,7-12,15,17,27H,3-4,6,13-14,16H2,1-2H3,(H,28,32). The van der Waals surface area contributed by atoms with Gasteiger partial charge in [0.15, 0.2) is 0 Å². The summed E-state index contributed by atoms with van der Waals surface area (Å²) in [5.41, 5.74) is 1.90. The summed E-state index contributed by atoms with van der Waals surface area (Å²) in [6.45, 7) is 3.03. The van der Waals surface area contributed by atoms with Gasteiger partial charge >= 0.3 is 0 Å². The fourth-order valence-electron chi connectivity index (χ4n) is 3.98. The average molecular weight is 460 g/mol. The minimum Gasteiger partial charge on any atom is -0.497 e. The molecular weight excluding hydrogens is 430 g/mol. The number of carbonyl (C=O) groups excluding carboxylic acids is 1. The first kappa shape index (κ1) is 23.2. The third-order valence-corrected chi connectivity index (χ3v) is 5.91. The monoisotopic (exact) mass is 459 g/mol. The predicted molar refractivity (Wildman–Crippen MR) is 131 cm³/mol. The molecule has 0 spiro atoms. The molecule has 176 valence electrons. The third-order valence-electron chi connectivity index (χ3n) is 5.91. The molecule has 2 N–H and O–H groups in total. The van der Waals surface area contributed by atoms with Crippen molar-refractivity contribution < 1.29 is 9.53 Å². The molecular formula is C26H29N5O3. The number of nitrogens with zero attached hydrogens (tertiary/aromatic N) is 3. The fourth-order valence-corrected chi connectivity index (χ4v) is 3.98. The molecule has 0 saturated carbocycles. The van der Waals surface area contributed by atoms with Gasteiger partial charge in [-0.15, -0.1) is 0 Å². The van der Waals surface area contributed by atoms with E-state index in [0.29, 0.717) is 36.2 Å². The van der Waals surface area contributed by atoms with Crippen LogP contribution in [0.1, 0.15) is 42.1 Å². The maximum atomic E-state index is 13.3. The van der Waals surface area contributed by atoms with E-state index in [2.05, 4.69) is 17.2 Å². The van der Waals surface area contributed by atoms with Crippen molar-refractivity contribution in [2.45, 2.75) is 39.2 Å². The van der Waals surface area contributed by atoms with Crippen molar-refractivity contribution in [2.24, 2.45) is 0 Å². The second-order valence-electron chi connectivity index (χ2n) is 8.20. The average Bonchev–Trinajstić information content (AvgIpc) is 2.86. The second-order valence-corrected chi connectivity index (χ2v) is 8.20. The van der Waals surface area contributed by atoms with Crippen LogP contribution in [0, 0.1) is 5.41 Å². The van der Waals surface area contributed by atoms with Crippen LogP contribution in [0.4, 0.5) is 0 Å². The van der Waals surface area contributed by atoms with Gasteiger partial charge in [0.2, 0.25) is 0 Å². The molecule has 1 aromatic carbocycles. The maximum Gasteiger partial charge on any atom is 0.267 e. The molecule has 0 aliphatic heterocycles. The van der Waals surface area contributed by atoms with Crippen molar-refractivity contribution >= 4 is 22.6 Å². The Hall–Kier alpha value is -3.94. The molecule has 1 amide bonds. The van der Waals surface area contributed by atoms with Crippen molar-refractivity contribution in [3.63, 3.8) is 0 Å². The van der Waals surface area contributed by atoms with E-state index in [4.69, 9.17) is 10.1 Å². The molecule has 4 aromatic rings. The van der Waals surface area contributed by atoms with Crippen molar-refractivity contribution in [3.05, 3.63) is 81.7 Å². The summed E-state index contributed by atoms with van der Waals surface area (Å²) < 4.78 is 8.35. The van der Waals surface area contributed by atoms with E-state index in [-0.39, 0.29) is 22.5 Å². The number of aromatic nitrogens is 3. The first-order chi connectivity index (χ1) is 16.5. The SMILES string of the molecule is CCCCCNC(=O)c1cc2c(=O)n3ccccc3nc2n(CCc2ccc(OC)cc2)c1=N. The highest BCUT2D eigenvalue weighted by Crippen LogP contribution is 2.14. The number of hydrogen-bond donors (Lipinski definition) is 2. The summed E-state index contributed by atoms with van der Waals surface area (Å²) >= 11 is 0. The number of methoxy groups -OCH3 is 1. The van der Waals surface area contributed by atoms with Gasteiger partial charge < -0.3 is 14.6 Å². The van der Waals surface area contributed by atoms with Crippen LogP contribution in [0.15, 0.2) is 59.5 Å². The van der Waals surface area contributed by atoms with Crippen LogP contribution in [0.3, 0.4) is 0 Å². The maximum absolute atomic E-state index is 13.3. The lowest BCUT2D eigenvalue weighted by Gasteiger charge is -2.15. The summed E-state index contributed by atoms with van der Waals surface area (Å²) in [5, 5.41) is 12.0. The highest BCUT2D eigenvalue weighted by molar-refractivity contribution is 5.96. The number of unbranched alkanes of at least 4 members (excludes halogenated alkanes) is 2. The minimum atomic E-state index is -0.348. The quantitative estimate of drug-likeness (QED) is 0.296. The Balaban J connectivity index is 1.79. The number of fused-ring (bicyclic) bond motifs is 2. The topological polar surface area (TPSA) is 101 Å². The first-order valence-corrected chi connectivity index (χ1v) is 11.5. The molecule has 8 heteroatoms. The van der Waals surface area contributed by atoms with Gasteiger partial charge in [0.1, 0.15) is 22.5 Å². The molecule has 3 heterocycles. The van der Waals surface area contributed by atoms with E-state index in [1.165, 1.54) is 10.5 Å². The summed E-state index contributed by atoms with van der Waals surface area (Å²) in [6.07, 6.45) is 5.20. The van der Waals surface area contributed by atoms with Crippen molar-refractivity contribution in [2.75, 3.05) is 13.7 Å². The predicted octanol–water partition coefficient (Wildman–Crippen LogP) is 3.30. The molecule has 0 fully saturated rings.